The van der Waals surface area contributed by atoms with Gasteiger partial charge in [-0.1, -0.05) is 82.0 Å². The van der Waals surface area contributed by atoms with Crippen LogP contribution in [0.1, 0.15) is 82.9 Å². The summed E-state index contributed by atoms with van der Waals surface area (Å²) >= 11 is 0. The highest BCUT2D eigenvalue weighted by atomic mass is 31.2. The van der Waals surface area contributed by atoms with Crippen molar-refractivity contribution in [2.24, 2.45) is 0 Å². The highest BCUT2D eigenvalue weighted by Crippen LogP contribution is 2.56. The predicted octanol–water partition coefficient (Wildman–Crippen LogP) is 8.10. The molecule has 3 rings (SSSR count). The van der Waals surface area contributed by atoms with Gasteiger partial charge in [-0.15, -0.1) is 0 Å². The molecule has 0 N–H and O–H groups in total. The summed E-state index contributed by atoms with van der Waals surface area (Å²) in [7, 11) is -3.12. The van der Waals surface area contributed by atoms with Crippen LogP contribution in [-0.4, -0.2) is 13.2 Å². The van der Waals surface area contributed by atoms with E-state index in [1.807, 2.05) is 13.8 Å². The number of benzene rings is 2. The van der Waals surface area contributed by atoms with Gasteiger partial charge in [0.05, 0.1) is 19.4 Å². The van der Waals surface area contributed by atoms with Gasteiger partial charge in [-0.2, -0.15) is 0 Å². The Morgan fingerprint density at radius 1 is 0.800 bits per heavy atom. The Morgan fingerprint density at radius 3 is 2.00 bits per heavy atom. The molecule has 0 fully saturated rings. The summed E-state index contributed by atoms with van der Waals surface area (Å²) in [5, 5.41) is 0. The van der Waals surface area contributed by atoms with Crippen LogP contribution in [0.25, 0.3) is 11.1 Å². The van der Waals surface area contributed by atoms with Gasteiger partial charge >= 0.3 is 7.60 Å². The molecule has 2 aromatic rings. The maximum Gasteiger partial charge on any atom is 0.335 e. The topological polar surface area (TPSA) is 35.5 Å². The molecule has 0 heterocycles. The molecule has 4 heteroatoms. The molecule has 0 saturated carbocycles. The van der Waals surface area contributed by atoms with Crippen LogP contribution in [0.5, 0.6) is 0 Å². The van der Waals surface area contributed by atoms with Crippen LogP contribution in [0, 0.1) is 0 Å². The van der Waals surface area contributed by atoms with Gasteiger partial charge in [0.25, 0.3) is 0 Å². The lowest BCUT2D eigenvalue weighted by Crippen LogP contribution is -2.25. The number of hydrogen-bond acceptors (Lipinski definition) is 3. The fourth-order valence-electron chi connectivity index (χ4n) is 4.98. The van der Waals surface area contributed by atoms with Crippen molar-refractivity contribution < 1.29 is 13.6 Å². The first-order valence-electron chi connectivity index (χ1n) is 11.6. The first-order valence-corrected chi connectivity index (χ1v) is 13.4. The Balaban J connectivity index is 2.06. The van der Waals surface area contributed by atoms with Crippen molar-refractivity contribution in [3.8, 4) is 11.1 Å². The highest BCUT2D eigenvalue weighted by molar-refractivity contribution is 7.53. The van der Waals surface area contributed by atoms with Crippen molar-refractivity contribution in [1.82, 2.24) is 0 Å². The minimum Gasteiger partial charge on any atom is -0.309 e. The lowest BCUT2D eigenvalue weighted by atomic mass is 9.71. The minimum absolute atomic E-state index is 0.0972. The summed E-state index contributed by atoms with van der Waals surface area (Å²) in [5.74, 6) is 0. The van der Waals surface area contributed by atoms with Crippen molar-refractivity contribution in [1.29, 1.82) is 0 Å². The second-order valence-corrected chi connectivity index (χ2v) is 10.4. The molecule has 0 atom stereocenters. The summed E-state index contributed by atoms with van der Waals surface area (Å²) < 4.78 is 24.2. The summed E-state index contributed by atoms with van der Waals surface area (Å²) in [4.78, 5) is 0. The second kappa shape index (κ2) is 10.3. The van der Waals surface area contributed by atoms with E-state index in [9.17, 15) is 4.57 Å². The average Bonchev–Trinajstić information content (AvgIpc) is 3.01. The van der Waals surface area contributed by atoms with Crippen molar-refractivity contribution in [3.05, 3.63) is 59.2 Å². The largest absolute Gasteiger partial charge is 0.335 e. The van der Waals surface area contributed by atoms with E-state index in [2.05, 4.69) is 56.3 Å². The average molecular weight is 429 g/mol. The first-order chi connectivity index (χ1) is 14.5. The third-order valence-corrected chi connectivity index (χ3v) is 8.33. The van der Waals surface area contributed by atoms with Crippen LogP contribution >= 0.6 is 7.60 Å². The molecule has 0 bridgehead atoms. The Kier molecular flexibility index (Phi) is 7.96. The summed E-state index contributed by atoms with van der Waals surface area (Å²) in [6.07, 6.45) is 7.55. The molecule has 0 unspecified atom stereocenters. The van der Waals surface area contributed by atoms with Gasteiger partial charge < -0.3 is 9.05 Å². The molecule has 0 spiro atoms. The molecule has 0 saturated heterocycles. The van der Waals surface area contributed by atoms with Crippen molar-refractivity contribution >= 4 is 7.60 Å². The molecule has 3 nitrogen and oxygen atoms in total. The Labute approximate surface area is 182 Å². The predicted molar refractivity (Wildman–Crippen MR) is 126 cm³/mol. The van der Waals surface area contributed by atoms with Gasteiger partial charge in [0.2, 0.25) is 0 Å². The third-order valence-electron chi connectivity index (χ3n) is 6.27. The van der Waals surface area contributed by atoms with Crippen LogP contribution < -0.4 is 0 Å². The van der Waals surface area contributed by atoms with E-state index < -0.39 is 7.60 Å². The minimum atomic E-state index is -3.12. The summed E-state index contributed by atoms with van der Waals surface area (Å²) in [6, 6.07) is 15.6. The van der Waals surface area contributed by atoms with E-state index in [1.165, 1.54) is 60.8 Å². The lowest BCUT2D eigenvalue weighted by Gasteiger charge is -2.32. The van der Waals surface area contributed by atoms with Gasteiger partial charge in [0.15, 0.2) is 0 Å². The number of rotatable bonds is 12. The van der Waals surface area contributed by atoms with Gasteiger partial charge in [-0.3, -0.25) is 4.57 Å². The molecule has 1 aliphatic carbocycles. The highest BCUT2D eigenvalue weighted by Gasteiger charge is 2.42. The smallest absolute Gasteiger partial charge is 0.309 e. The zero-order valence-electron chi connectivity index (χ0n) is 19.1. The van der Waals surface area contributed by atoms with Gasteiger partial charge in [-0.25, -0.2) is 0 Å². The molecule has 30 heavy (non-hydrogen) atoms. The standard InChI is InChI=1S/C26H37O3P/c1-5-9-17-26(18-10-6-2)24-14-12-11-13-22(24)23-19-21(15-16-25(23)26)20-30(27,28-7-3)29-8-4/h11-16,19H,5-10,17-18,20H2,1-4H3. The van der Waals surface area contributed by atoms with E-state index in [0.717, 1.165) is 5.56 Å². The van der Waals surface area contributed by atoms with E-state index in [1.54, 1.807) is 0 Å². The van der Waals surface area contributed by atoms with Crippen LogP contribution in [0.15, 0.2) is 42.5 Å². The fourth-order valence-corrected chi connectivity index (χ4v) is 6.66. The van der Waals surface area contributed by atoms with E-state index in [0.29, 0.717) is 19.4 Å². The van der Waals surface area contributed by atoms with Crippen molar-refractivity contribution in [2.45, 2.75) is 77.8 Å². The molecule has 0 aliphatic heterocycles. The zero-order valence-corrected chi connectivity index (χ0v) is 20.0. The maximum atomic E-state index is 13.1. The van der Waals surface area contributed by atoms with Crippen molar-refractivity contribution in [3.63, 3.8) is 0 Å². The van der Waals surface area contributed by atoms with Gasteiger partial charge in [0.1, 0.15) is 0 Å². The molecule has 0 amide bonds. The Morgan fingerprint density at radius 2 is 1.40 bits per heavy atom. The molecular weight excluding hydrogens is 391 g/mol. The lowest BCUT2D eigenvalue weighted by molar-refractivity contribution is 0.219. The second-order valence-electron chi connectivity index (χ2n) is 8.32. The number of unbranched alkanes of at least 4 members (excludes halogenated alkanes) is 2. The molecule has 0 aromatic heterocycles. The van der Waals surface area contributed by atoms with Gasteiger partial charge in [-0.05, 0) is 54.5 Å². The monoisotopic (exact) mass is 428 g/mol. The van der Waals surface area contributed by atoms with E-state index in [4.69, 9.17) is 9.05 Å². The van der Waals surface area contributed by atoms with Crippen LogP contribution in [-0.2, 0) is 25.2 Å². The van der Waals surface area contributed by atoms with Crippen LogP contribution in [0.3, 0.4) is 0 Å². The normalized spacial score (nSPS) is 14.5. The molecule has 164 valence electrons. The number of hydrogen-bond donors (Lipinski definition) is 0. The molecule has 2 aromatic carbocycles. The quantitative estimate of drug-likeness (QED) is 0.320. The molecule has 0 radical (unpaired) electrons. The fraction of sp³-hybridized carbons (Fsp3) is 0.538. The van der Waals surface area contributed by atoms with E-state index in [-0.39, 0.29) is 5.41 Å². The Bertz CT molecular complexity index is 872. The maximum absolute atomic E-state index is 13.1. The molecule has 1 aliphatic rings. The van der Waals surface area contributed by atoms with E-state index >= 15 is 0 Å². The van der Waals surface area contributed by atoms with Crippen molar-refractivity contribution in [2.75, 3.05) is 13.2 Å². The SMILES string of the molecule is CCCCC1(CCCC)c2ccccc2-c2cc(CP(=O)(OCC)OCC)ccc21. The first kappa shape index (κ1) is 23.3. The molecular formula is C26H37O3P. The summed E-state index contributed by atoms with van der Waals surface area (Å²) in [5.41, 5.74) is 6.67. The van der Waals surface area contributed by atoms with Gasteiger partial charge in [0, 0.05) is 5.41 Å². The number of fused-ring (bicyclic) bond motifs is 3. The zero-order chi connectivity index (χ0) is 21.6. The summed E-state index contributed by atoms with van der Waals surface area (Å²) in [6.45, 7) is 9.06. The van der Waals surface area contributed by atoms with Crippen LogP contribution in [0.2, 0.25) is 0 Å². The Hall–Kier alpha value is -1.41. The third kappa shape index (κ3) is 4.59. The van der Waals surface area contributed by atoms with Crippen LogP contribution in [0.4, 0.5) is 0 Å².